The Balaban J connectivity index is 1.97. The van der Waals surface area contributed by atoms with Crippen molar-refractivity contribution in [2.24, 2.45) is 10.9 Å². The Hall–Kier alpha value is -1.82. The lowest BCUT2D eigenvalue weighted by molar-refractivity contribution is 0.126. The molecule has 2 bridgehead atoms. The molecule has 3 rings (SSSR count). The van der Waals surface area contributed by atoms with Crippen molar-refractivity contribution in [2.45, 2.75) is 50.8 Å². The maximum absolute atomic E-state index is 9.87. The van der Waals surface area contributed by atoms with Gasteiger partial charge in [0.2, 0.25) is 0 Å². The van der Waals surface area contributed by atoms with Gasteiger partial charge >= 0.3 is 0 Å². The molecule has 0 spiro atoms. The van der Waals surface area contributed by atoms with Crippen LogP contribution in [-0.2, 0) is 0 Å². The van der Waals surface area contributed by atoms with E-state index in [4.69, 9.17) is 10.9 Å². The van der Waals surface area contributed by atoms with Crippen LogP contribution >= 0.6 is 0 Å². The highest BCUT2D eigenvalue weighted by molar-refractivity contribution is 5.97. The molecule has 6 heteroatoms. The lowest BCUT2D eigenvalue weighted by Gasteiger charge is -2.38. The number of pyridine rings is 1. The second kappa shape index (κ2) is 4.94. The second-order valence-corrected chi connectivity index (χ2v) is 5.76. The fraction of sp³-hybridized carbons (Fsp3) is 0.571. The minimum Gasteiger partial charge on any atom is -0.409 e. The molecule has 2 fully saturated rings. The summed E-state index contributed by atoms with van der Waals surface area (Å²) < 4.78 is 0. The maximum Gasteiger partial charge on any atom is 0.170 e. The smallest absolute Gasteiger partial charge is 0.170 e. The minimum atomic E-state index is -0.197. The lowest BCUT2D eigenvalue weighted by Crippen LogP contribution is -2.45. The van der Waals surface area contributed by atoms with Crippen LogP contribution in [0.15, 0.2) is 17.3 Å². The van der Waals surface area contributed by atoms with Crippen LogP contribution in [0.4, 0.5) is 5.82 Å². The molecule has 0 aromatic carbocycles. The van der Waals surface area contributed by atoms with Gasteiger partial charge in [-0.3, -0.25) is 0 Å². The van der Waals surface area contributed by atoms with E-state index < -0.39 is 0 Å². The standard InChI is InChI=1S/C14H20N4O2/c1-8-4-9(14(15)17-20)5-13(16-8)18-10-2-3-11(18)7-12(19)6-10/h4-5,10-12,19-20H,2-3,6-7H2,1H3,(H2,15,17). The molecule has 108 valence electrons. The first-order chi connectivity index (χ1) is 9.58. The highest BCUT2D eigenvalue weighted by Gasteiger charge is 2.40. The zero-order valence-corrected chi connectivity index (χ0v) is 11.5. The lowest BCUT2D eigenvalue weighted by atomic mass is 9.99. The molecule has 0 amide bonds. The SMILES string of the molecule is Cc1cc(/C(N)=N/O)cc(N2C3CCC2CC(O)C3)n1. The summed E-state index contributed by atoms with van der Waals surface area (Å²) >= 11 is 0. The first-order valence-corrected chi connectivity index (χ1v) is 7.01. The monoisotopic (exact) mass is 276 g/mol. The number of aryl methyl sites for hydroxylation is 1. The van der Waals surface area contributed by atoms with Gasteiger partial charge in [-0.25, -0.2) is 4.98 Å². The van der Waals surface area contributed by atoms with Gasteiger partial charge in [0, 0.05) is 23.3 Å². The van der Waals surface area contributed by atoms with Gasteiger partial charge in [-0.05, 0) is 44.7 Å². The molecular weight excluding hydrogens is 256 g/mol. The van der Waals surface area contributed by atoms with Gasteiger partial charge in [0.15, 0.2) is 5.84 Å². The summed E-state index contributed by atoms with van der Waals surface area (Å²) in [6.45, 7) is 1.90. The van der Waals surface area contributed by atoms with Gasteiger partial charge in [0.05, 0.1) is 6.10 Å². The second-order valence-electron chi connectivity index (χ2n) is 5.76. The van der Waals surface area contributed by atoms with Gasteiger partial charge in [0.1, 0.15) is 5.82 Å². The van der Waals surface area contributed by atoms with E-state index in [9.17, 15) is 5.11 Å². The van der Waals surface area contributed by atoms with Crippen LogP contribution in [0.25, 0.3) is 0 Å². The molecule has 0 aliphatic carbocycles. The maximum atomic E-state index is 9.87. The molecule has 2 aliphatic rings. The van der Waals surface area contributed by atoms with Crippen molar-refractivity contribution < 1.29 is 10.3 Å². The summed E-state index contributed by atoms with van der Waals surface area (Å²) in [5.41, 5.74) is 7.21. The number of piperidine rings is 1. The first-order valence-electron chi connectivity index (χ1n) is 7.01. The van der Waals surface area contributed by atoms with Crippen molar-refractivity contribution in [1.29, 1.82) is 0 Å². The number of hydrogen-bond acceptors (Lipinski definition) is 5. The third-order valence-corrected chi connectivity index (χ3v) is 4.32. The van der Waals surface area contributed by atoms with Crippen LogP contribution in [-0.4, -0.2) is 39.3 Å². The van der Waals surface area contributed by atoms with E-state index in [-0.39, 0.29) is 11.9 Å². The largest absolute Gasteiger partial charge is 0.409 e. The van der Waals surface area contributed by atoms with Crippen LogP contribution in [0, 0.1) is 6.92 Å². The Morgan fingerprint density at radius 1 is 1.35 bits per heavy atom. The number of hydrogen-bond donors (Lipinski definition) is 3. The predicted octanol–water partition coefficient (Wildman–Crippen LogP) is 0.977. The molecule has 6 nitrogen and oxygen atoms in total. The number of aliphatic hydroxyl groups excluding tert-OH is 1. The van der Waals surface area contributed by atoms with Crippen LogP contribution < -0.4 is 10.6 Å². The van der Waals surface area contributed by atoms with Crippen LogP contribution in [0.1, 0.15) is 36.9 Å². The zero-order chi connectivity index (χ0) is 14.3. The Labute approximate surface area is 117 Å². The van der Waals surface area contributed by atoms with Crippen LogP contribution in [0.2, 0.25) is 0 Å². The molecule has 3 heterocycles. The van der Waals surface area contributed by atoms with Crippen molar-refractivity contribution in [3.8, 4) is 0 Å². The molecule has 2 aliphatic heterocycles. The number of amidine groups is 1. The number of nitrogens with two attached hydrogens (primary N) is 1. The van der Waals surface area contributed by atoms with Gasteiger partial charge < -0.3 is 20.9 Å². The Bertz CT molecular complexity index is 532. The molecular formula is C14H20N4O2. The highest BCUT2D eigenvalue weighted by Crippen LogP contribution is 2.38. The van der Waals surface area contributed by atoms with E-state index in [0.29, 0.717) is 17.6 Å². The topological polar surface area (TPSA) is 95.0 Å². The minimum absolute atomic E-state index is 0.0983. The van der Waals surface area contributed by atoms with Gasteiger partial charge in [-0.2, -0.15) is 0 Å². The number of fused-ring (bicyclic) bond motifs is 2. The number of nitrogens with zero attached hydrogens (tertiary/aromatic N) is 3. The Morgan fingerprint density at radius 2 is 2.00 bits per heavy atom. The average molecular weight is 276 g/mol. The number of aliphatic hydroxyl groups is 1. The molecule has 4 N–H and O–H groups in total. The predicted molar refractivity (Wildman–Crippen MR) is 76.0 cm³/mol. The Morgan fingerprint density at radius 3 is 2.60 bits per heavy atom. The summed E-state index contributed by atoms with van der Waals surface area (Å²) in [4.78, 5) is 6.89. The summed E-state index contributed by atoms with van der Waals surface area (Å²) in [5, 5.41) is 21.8. The number of aromatic nitrogens is 1. The molecule has 1 aromatic rings. The normalized spacial score (nSPS) is 29.8. The number of rotatable bonds is 2. The van der Waals surface area contributed by atoms with E-state index in [1.54, 1.807) is 6.07 Å². The first kappa shape index (κ1) is 13.2. The molecule has 2 unspecified atom stereocenters. The fourth-order valence-corrected chi connectivity index (χ4v) is 3.51. The van der Waals surface area contributed by atoms with Crippen molar-refractivity contribution in [2.75, 3.05) is 4.90 Å². The van der Waals surface area contributed by atoms with E-state index in [2.05, 4.69) is 15.0 Å². The third-order valence-electron chi connectivity index (χ3n) is 4.32. The van der Waals surface area contributed by atoms with Crippen molar-refractivity contribution in [3.63, 3.8) is 0 Å². The summed E-state index contributed by atoms with van der Waals surface area (Å²) in [7, 11) is 0. The van der Waals surface area contributed by atoms with E-state index in [1.165, 1.54) is 0 Å². The number of oxime groups is 1. The summed E-state index contributed by atoms with van der Waals surface area (Å²) in [5.74, 6) is 0.965. The van der Waals surface area contributed by atoms with E-state index >= 15 is 0 Å². The van der Waals surface area contributed by atoms with E-state index in [1.807, 2.05) is 13.0 Å². The molecule has 20 heavy (non-hydrogen) atoms. The van der Waals surface area contributed by atoms with Crippen molar-refractivity contribution >= 4 is 11.7 Å². The quantitative estimate of drug-likeness (QED) is 0.324. The van der Waals surface area contributed by atoms with E-state index in [0.717, 1.165) is 37.2 Å². The molecule has 1 aromatic heterocycles. The van der Waals surface area contributed by atoms with Crippen molar-refractivity contribution in [1.82, 2.24) is 4.98 Å². The molecule has 2 saturated heterocycles. The molecule has 2 atom stereocenters. The zero-order valence-electron chi connectivity index (χ0n) is 11.5. The highest BCUT2D eigenvalue weighted by atomic mass is 16.4. The molecule has 0 saturated carbocycles. The number of anilines is 1. The summed E-state index contributed by atoms with van der Waals surface area (Å²) in [6, 6.07) is 4.36. The van der Waals surface area contributed by atoms with Crippen molar-refractivity contribution in [3.05, 3.63) is 23.4 Å². The van der Waals surface area contributed by atoms with Gasteiger partial charge in [-0.15, -0.1) is 0 Å². The average Bonchev–Trinajstić information content (AvgIpc) is 2.69. The fourth-order valence-electron chi connectivity index (χ4n) is 3.51. The van der Waals surface area contributed by atoms with Crippen LogP contribution in [0.3, 0.4) is 0 Å². The van der Waals surface area contributed by atoms with Gasteiger partial charge in [-0.1, -0.05) is 5.16 Å². The van der Waals surface area contributed by atoms with Crippen LogP contribution in [0.5, 0.6) is 0 Å². The third kappa shape index (κ3) is 2.20. The molecule has 0 radical (unpaired) electrons. The summed E-state index contributed by atoms with van der Waals surface area (Å²) in [6.07, 6.45) is 3.58. The Kier molecular flexibility index (Phi) is 3.25. The van der Waals surface area contributed by atoms with Gasteiger partial charge in [0.25, 0.3) is 0 Å².